The summed E-state index contributed by atoms with van der Waals surface area (Å²) >= 11 is 0. The molecule has 1 aromatic heterocycles. The van der Waals surface area contributed by atoms with E-state index in [0.717, 1.165) is 42.6 Å². The molecule has 0 saturated carbocycles. The summed E-state index contributed by atoms with van der Waals surface area (Å²) < 4.78 is 5.77. The van der Waals surface area contributed by atoms with Crippen LogP contribution in [0.4, 0.5) is 0 Å². The van der Waals surface area contributed by atoms with Crippen LogP contribution in [0.2, 0.25) is 0 Å². The first-order valence-electron chi connectivity index (χ1n) is 12.1. The Morgan fingerprint density at radius 1 is 1.24 bits per heavy atom. The van der Waals surface area contributed by atoms with Crippen LogP contribution in [-0.4, -0.2) is 58.3 Å². The predicted octanol–water partition coefficient (Wildman–Crippen LogP) is 3.39. The molecule has 3 amide bonds. The van der Waals surface area contributed by atoms with Gasteiger partial charge in [-0.05, 0) is 48.9 Å². The number of carbonyl (C=O) groups is 3. The Labute approximate surface area is 201 Å². The number of imide groups is 1. The van der Waals surface area contributed by atoms with Crippen molar-refractivity contribution < 1.29 is 19.1 Å². The Balaban J connectivity index is 1.65. The molecule has 2 fully saturated rings. The lowest BCUT2D eigenvalue weighted by Crippen LogP contribution is -2.45. The van der Waals surface area contributed by atoms with Gasteiger partial charge in [0.25, 0.3) is 0 Å². The molecule has 3 heterocycles. The number of amides is 3. The zero-order chi connectivity index (χ0) is 24.1. The summed E-state index contributed by atoms with van der Waals surface area (Å²) in [6.45, 7) is 5.97. The van der Waals surface area contributed by atoms with E-state index in [-0.39, 0.29) is 43.2 Å². The van der Waals surface area contributed by atoms with E-state index in [0.29, 0.717) is 13.1 Å². The monoisotopic (exact) mass is 463 g/mol. The number of hydrogen-bond acceptors (Lipinski definition) is 5. The summed E-state index contributed by atoms with van der Waals surface area (Å²) in [5.41, 5.74) is 1.23. The van der Waals surface area contributed by atoms with Gasteiger partial charge in [-0.15, -0.1) is 0 Å². The Morgan fingerprint density at radius 3 is 2.74 bits per heavy atom. The van der Waals surface area contributed by atoms with Crippen molar-refractivity contribution in [2.24, 2.45) is 0 Å². The summed E-state index contributed by atoms with van der Waals surface area (Å²) in [6.07, 6.45) is 6.06. The smallest absolute Gasteiger partial charge is 0.241 e. The van der Waals surface area contributed by atoms with Crippen molar-refractivity contribution in [1.82, 2.24) is 14.8 Å². The van der Waals surface area contributed by atoms with E-state index in [1.54, 1.807) is 18.5 Å². The molecule has 0 aliphatic carbocycles. The third-order valence-electron chi connectivity index (χ3n) is 6.88. The third-order valence-corrected chi connectivity index (χ3v) is 6.88. The Hall–Kier alpha value is -3.06. The van der Waals surface area contributed by atoms with Gasteiger partial charge in [-0.25, -0.2) is 0 Å². The molecule has 0 radical (unpaired) electrons. The molecule has 7 nitrogen and oxygen atoms in total. The van der Waals surface area contributed by atoms with Crippen LogP contribution in [0.5, 0.6) is 0 Å². The molecule has 2 saturated heterocycles. The van der Waals surface area contributed by atoms with Crippen LogP contribution in [0, 0.1) is 6.92 Å². The molecule has 0 bridgehead atoms. The number of aromatic nitrogens is 1. The summed E-state index contributed by atoms with van der Waals surface area (Å²) in [6, 6.07) is 11.2. The highest BCUT2D eigenvalue weighted by Crippen LogP contribution is 2.42. The molecular formula is C27H33N3O4. The van der Waals surface area contributed by atoms with E-state index in [1.807, 2.05) is 49.1 Å². The number of benzene rings is 1. The van der Waals surface area contributed by atoms with Crippen molar-refractivity contribution in [1.29, 1.82) is 0 Å². The van der Waals surface area contributed by atoms with Crippen LogP contribution in [0.15, 0.2) is 48.8 Å². The molecular weight excluding hydrogens is 430 g/mol. The van der Waals surface area contributed by atoms with Gasteiger partial charge in [-0.1, -0.05) is 37.3 Å². The fourth-order valence-corrected chi connectivity index (χ4v) is 5.18. The van der Waals surface area contributed by atoms with E-state index in [2.05, 4.69) is 4.98 Å². The van der Waals surface area contributed by atoms with E-state index >= 15 is 0 Å². The normalized spacial score (nSPS) is 22.4. The van der Waals surface area contributed by atoms with Crippen LogP contribution in [0.25, 0.3) is 0 Å². The van der Waals surface area contributed by atoms with E-state index in [4.69, 9.17) is 4.74 Å². The first-order chi connectivity index (χ1) is 16.4. The Morgan fingerprint density at radius 2 is 2.06 bits per heavy atom. The van der Waals surface area contributed by atoms with Crippen molar-refractivity contribution in [3.63, 3.8) is 0 Å². The molecule has 34 heavy (non-hydrogen) atoms. The highest BCUT2D eigenvalue weighted by molar-refractivity contribution is 6.10. The summed E-state index contributed by atoms with van der Waals surface area (Å²) in [5, 5.41) is 0. The topological polar surface area (TPSA) is 79.8 Å². The minimum atomic E-state index is -1.20. The second kappa shape index (κ2) is 10.5. The first kappa shape index (κ1) is 24.1. The molecule has 2 aromatic rings. The molecule has 7 heteroatoms. The van der Waals surface area contributed by atoms with Gasteiger partial charge in [0.15, 0.2) is 0 Å². The van der Waals surface area contributed by atoms with Gasteiger partial charge in [-0.3, -0.25) is 24.3 Å². The van der Waals surface area contributed by atoms with Crippen LogP contribution < -0.4 is 0 Å². The van der Waals surface area contributed by atoms with Crippen LogP contribution >= 0.6 is 0 Å². The number of carbonyl (C=O) groups excluding carboxylic acids is 3. The minimum absolute atomic E-state index is 0.0113. The Bertz CT molecular complexity index is 1040. The predicted molar refractivity (Wildman–Crippen MR) is 128 cm³/mol. The zero-order valence-electron chi connectivity index (χ0n) is 20.0. The van der Waals surface area contributed by atoms with Crippen molar-refractivity contribution in [3.05, 3.63) is 65.5 Å². The number of rotatable bonds is 9. The van der Waals surface area contributed by atoms with E-state index in [9.17, 15) is 14.4 Å². The summed E-state index contributed by atoms with van der Waals surface area (Å²) in [5.74, 6) is -0.673. The van der Waals surface area contributed by atoms with Crippen LogP contribution in [0.3, 0.4) is 0 Å². The van der Waals surface area contributed by atoms with Gasteiger partial charge in [0.1, 0.15) is 0 Å². The maximum atomic E-state index is 13.9. The Kier molecular flexibility index (Phi) is 7.41. The average Bonchev–Trinajstić information content (AvgIpc) is 3.42. The van der Waals surface area contributed by atoms with Crippen molar-refractivity contribution in [2.45, 2.75) is 64.0 Å². The second-order valence-corrected chi connectivity index (χ2v) is 9.37. The number of hydrogen-bond donors (Lipinski definition) is 0. The van der Waals surface area contributed by atoms with E-state index in [1.165, 1.54) is 4.90 Å². The second-order valence-electron chi connectivity index (χ2n) is 9.37. The zero-order valence-corrected chi connectivity index (χ0v) is 20.0. The third kappa shape index (κ3) is 4.89. The van der Waals surface area contributed by atoms with Gasteiger partial charge in [0.2, 0.25) is 17.7 Å². The molecule has 2 aliphatic heterocycles. The fraction of sp³-hybridized carbons (Fsp3) is 0.481. The highest BCUT2D eigenvalue weighted by atomic mass is 16.5. The standard InChI is InChI=1S/C27H33N3O4/c1-3-13-29(19-22-10-7-14-34-22)24(31)15-27(23-11-5-4-8-20(23)2)16-25(32)30(26(27)33)18-21-9-6-12-28-17-21/h4-6,8-9,11-12,17,22H,3,7,10,13-16,18-19H2,1-2H3/t22-,27+/m1/s1. The lowest BCUT2D eigenvalue weighted by molar-refractivity contribution is -0.143. The van der Waals surface area contributed by atoms with E-state index < -0.39 is 5.41 Å². The van der Waals surface area contributed by atoms with Gasteiger partial charge >= 0.3 is 0 Å². The maximum absolute atomic E-state index is 13.9. The first-order valence-corrected chi connectivity index (χ1v) is 12.1. The molecule has 4 rings (SSSR count). The largest absolute Gasteiger partial charge is 0.376 e. The van der Waals surface area contributed by atoms with Crippen molar-refractivity contribution >= 4 is 17.7 Å². The molecule has 0 N–H and O–H groups in total. The number of ether oxygens (including phenoxy) is 1. The average molecular weight is 464 g/mol. The van der Waals surface area contributed by atoms with Crippen LogP contribution in [-0.2, 0) is 31.1 Å². The fourth-order valence-electron chi connectivity index (χ4n) is 5.18. The van der Waals surface area contributed by atoms with Gasteiger partial charge in [0.05, 0.1) is 18.1 Å². The lowest BCUT2D eigenvalue weighted by Gasteiger charge is -2.32. The number of pyridine rings is 1. The number of nitrogens with zero attached hydrogens (tertiary/aromatic N) is 3. The molecule has 1 aromatic carbocycles. The maximum Gasteiger partial charge on any atom is 0.241 e. The molecule has 0 unspecified atom stereocenters. The van der Waals surface area contributed by atoms with Crippen LogP contribution in [0.1, 0.15) is 55.7 Å². The van der Waals surface area contributed by atoms with Gasteiger partial charge in [-0.2, -0.15) is 0 Å². The molecule has 2 atom stereocenters. The summed E-state index contributed by atoms with van der Waals surface area (Å²) in [4.78, 5) is 48.0. The SMILES string of the molecule is CCCN(C[C@H]1CCCO1)C(=O)C[C@@]1(c2ccccc2C)CC(=O)N(Cc2cccnc2)C1=O. The molecule has 180 valence electrons. The van der Waals surface area contributed by atoms with Crippen molar-refractivity contribution in [3.8, 4) is 0 Å². The minimum Gasteiger partial charge on any atom is -0.376 e. The van der Waals surface area contributed by atoms with Gasteiger partial charge in [0, 0.05) is 44.9 Å². The quantitative estimate of drug-likeness (QED) is 0.533. The highest BCUT2D eigenvalue weighted by Gasteiger charge is 2.54. The molecule has 2 aliphatic rings. The van der Waals surface area contributed by atoms with Gasteiger partial charge < -0.3 is 9.64 Å². The number of aryl methyl sites for hydroxylation is 1. The molecule has 0 spiro atoms. The summed E-state index contributed by atoms with van der Waals surface area (Å²) in [7, 11) is 0. The van der Waals surface area contributed by atoms with Crippen molar-refractivity contribution in [2.75, 3.05) is 19.7 Å². The number of likely N-dealkylation sites (tertiary alicyclic amines) is 1. The lowest BCUT2D eigenvalue weighted by atomic mass is 9.74.